The molecule has 2 aromatic carbocycles. The minimum atomic E-state index is -0.342. The molecule has 0 radical (unpaired) electrons. The molecule has 6 nitrogen and oxygen atoms in total. The van der Waals surface area contributed by atoms with Crippen LogP contribution >= 0.6 is 0 Å². The van der Waals surface area contributed by atoms with Crippen molar-refractivity contribution >= 4 is 11.8 Å². The molecule has 7 heteroatoms. The van der Waals surface area contributed by atoms with Gasteiger partial charge in [0.05, 0.1) is 20.1 Å². The van der Waals surface area contributed by atoms with Gasteiger partial charge in [0.25, 0.3) is 0 Å². The van der Waals surface area contributed by atoms with Crippen LogP contribution in [0, 0.1) is 17.7 Å². The van der Waals surface area contributed by atoms with Crippen LogP contribution in [-0.4, -0.2) is 44.0 Å². The number of methoxy groups -OCH3 is 2. The first-order chi connectivity index (χ1) is 16.5. The number of benzene rings is 2. The summed E-state index contributed by atoms with van der Waals surface area (Å²) in [6.07, 6.45) is 4.64. The summed E-state index contributed by atoms with van der Waals surface area (Å²) >= 11 is 0. The number of likely N-dealkylation sites (tertiary alicyclic amines) is 1. The fourth-order valence-corrected chi connectivity index (χ4v) is 5.23. The zero-order valence-corrected chi connectivity index (χ0v) is 19.9. The van der Waals surface area contributed by atoms with E-state index in [0.29, 0.717) is 36.6 Å². The predicted molar refractivity (Wildman–Crippen MR) is 127 cm³/mol. The standard InChI is InChI=1S/C27H33FN2O4/c1-33-24-11-10-20(14-25(24)34-2)21-13-22(17-30(16-21)27(32)19-7-3-4-8-19)26(31)29-15-18-6-5-9-23(28)12-18/h5-6,9-12,14,19,21-22H,3-4,7-8,13,15-17H2,1-2H3,(H,29,31)/t21-,22+/m1/s1. The van der Waals surface area contributed by atoms with Gasteiger partial charge >= 0.3 is 0 Å². The highest BCUT2D eigenvalue weighted by Crippen LogP contribution is 2.37. The first kappa shape index (κ1) is 24.0. The molecule has 1 saturated carbocycles. The van der Waals surface area contributed by atoms with Crippen LogP contribution in [0.4, 0.5) is 4.39 Å². The maximum absolute atomic E-state index is 13.5. The molecule has 182 valence electrons. The number of ether oxygens (including phenoxy) is 2. The van der Waals surface area contributed by atoms with Crippen LogP contribution in [0.3, 0.4) is 0 Å². The molecule has 4 rings (SSSR count). The Labute approximate surface area is 200 Å². The first-order valence-electron chi connectivity index (χ1n) is 12.0. The fourth-order valence-electron chi connectivity index (χ4n) is 5.23. The molecular formula is C27H33FN2O4. The van der Waals surface area contributed by atoms with Crippen LogP contribution in [0.5, 0.6) is 11.5 Å². The third-order valence-electron chi connectivity index (χ3n) is 7.07. The van der Waals surface area contributed by atoms with Gasteiger partial charge in [0.2, 0.25) is 11.8 Å². The largest absolute Gasteiger partial charge is 0.493 e. The van der Waals surface area contributed by atoms with Crippen LogP contribution in [0.2, 0.25) is 0 Å². The Morgan fingerprint density at radius 2 is 1.76 bits per heavy atom. The Bertz CT molecular complexity index is 1020. The van der Waals surface area contributed by atoms with Crippen molar-refractivity contribution < 1.29 is 23.5 Å². The third kappa shape index (κ3) is 5.51. The van der Waals surface area contributed by atoms with E-state index in [9.17, 15) is 14.0 Å². The van der Waals surface area contributed by atoms with Crippen LogP contribution < -0.4 is 14.8 Å². The van der Waals surface area contributed by atoms with E-state index in [-0.39, 0.29) is 41.9 Å². The lowest BCUT2D eigenvalue weighted by Gasteiger charge is -2.38. The molecule has 2 atom stereocenters. The molecule has 0 spiro atoms. The van der Waals surface area contributed by atoms with E-state index in [4.69, 9.17) is 9.47 Å². The first-order valence-corrected chi connectivity index (χ1v) is 12.0. The molecule has 0 aromatic heterocycles. The smallest absolute Gasteiger partial charge is 0.225 e. The summed E-state index contributed by atoms with van der Waals surface area (Å²) in [7, 11) is 3.19. The zero-order valence-electron chi connectivity index (χ0n) is 19.9. The van der Waals surface area contributed by atoms with Gasteiger partial charge in [0.15, 0.2) is 11.5 Å². The fraction of sp³-hybridized carbons (Fsp3) is 0.481. The Kier molecular flexibility index (Phi) is 7.70. The second-order valence-electron chi connectivity index (χ2n) is 9.32. The number of hydrogen-bond acceptors (Lipinski definition) is 4. The summed E-state index contributed by atoms with van der Waals surface area (Å²) in [6, 6.07) is 12.0. The van der Waals surface area contributed by atoms with Gasteiger partial charge in [0, 0.05) is 31.5 Å². The number of rotatable bonds is 7. The van der Waals surface area contributed by atoms with Crippen molar-refractivity contribution in [2.75, 3.05) is 27.3 Å². The van der Waals surface area contributed by atoms with Gasteiger partial charge in [-0.3, -0.25) is 9.59 Å². The number of nitrogens with zero attached hydrogens (tertiary/aromatic N) is 1. The van der Waals surface area contributed by atoms with E-state index in [1.54, 1.807) is 26.4 Å². The van der Waals surface area contributed by atoms with E-state index >= 15 is 0 Å². The van der Waals surface area contributed by atoms with Crippen molar-refractivity contribution in [2.45, 2.75) is 44.6 Å². The summed E-state index contributed by atoms with van der Waals surface area (Å²) in [5, 5.41) is 2.95. The summed E-state index contributed by atoms with van der Waals surface area (Å²) in [5.41, 5.74) is 1.73. The molecule has 0 unspecified atom stereocenters. The van der Waals surface area contributed by atoms with Crippen LogP contribution in [0.1, 0.15) is 49.1 Å². The molecule has 2 aromatic rings. The van der Waals surface area contributed by atoms with E-state index in [2.05, 4.69) is 5.32 Å². The number of halogens is 1. The number of carbonyl (C=O) groups is 2. The van der Waals surface area contributed by atoms with Crippen molar-refractivity contribution in [2.24, 2.45) is 11.8 Å². The van der Waals surface area contributed by atoms with Crippen molar-refractivity contribution in [3.05, 3.63) is 59.4 Å². The van der Waals surface area contributed by atoms with Gasteiger partial charge in [-0.2, -0.15) is 0 Å². The van der Waals surface area contributed by atoms with Crippen LogP contribution in [0.25, 0.3) is 0 Å². The van der Waals surface area contributed by atoms with Crippen molar-refractivity contribution in [1.82, 2.24) is 10.2 Å². The monoisotopic (exact) mass is 468 g/mol. The Balaban J connectivity index is 1.53. The molecule has 1 N–H and O–H groups in total. The van der Waals surface area contributed by atoms with Crippen LogP contribution in [-0.2, 0) is 16.1 Å². The third-order valence-corrected chi connectivity index (χ3v) is 7.07. The van der Waals surface area contributed by atoms with E-state index < -0.39 is 0 Å². The average Bonchev–Trinajstić information content (AvgIpc) is 3.41. The number of nitrogens with one attached hydrogen (secondary N) is 1. The van der Waals surface area contributed by atoms with Crippen LogP contribution in [0.15, 0.2) is 42.5 Å². The maximum Gasteiger partial charge on any atom is 0.225 e. The summed E-state index contributed by atoms with van der Waals surface area (Å²) in [6.45, 7) is 1.25. The molecule has 2 amide bonds. The normalized spacial score (nSPS) is 20.7. The predicted octanol–water partition coefficient (Wildman–Crippen LogP) is 4.28. The lowest BCUT2D eigenvalue weighted by Crippen LogP contribution is -2.49. The number of amides is 2. The highest BCUT2D eigenvalue weighted by atomic mass is 19.1. The van der Waals surface area contributed by atoms with Gasteiger partial charge in [0.1, 0.15) is 5.82 Å². The Hall–Kier alpha value is -3.09. The van der Waals surface area contributed by atoms with Gasteiger partial charge < -0.3 is 19.7 Å². The lowest BCUT2D eigenvalue weighted by molar-refractivity contribution is -0.139. The number of piperidine rings is 1. The number of hydrogen-bond donors (Lipinski definition) is 1. The van der Waals surface area contributed by atoms with E-state index in [0.717, 1.165) is 31.2 Å². The van der Waals surface area contributed by atoms with E-state index in [1.165, 1.54) is 12.1 Å². The highest BCUT2D eigenvalue weighted by Gasteiger charge is 2.37. The molecule has 34 heavy (non-hydrogen) atoms. The average molecular weight is 469 g/mol. The molecule has 1 saturated heterocycles. The van der Waals surface area contributed by atoms with Crippen molar-refractivity contribution in [3.8, 4) is 11.5 Å². The molecule has 1 heterocycles. The minimum Gasteiger partial charge on any atom is -0.493 e. The lowest BCUT2D eigenvalue weighted by atomic mass is 9.83. The van der Waals surface area contributed by atoms with Gasteiger partial charge in [-0.05, 0) is 54.7 Å². The van der Waals surface area contributed by atoms with Crippen molar-refractivity contribution in [3.63, 3.8) is 0 Å². The topological polar surface area (TPSA) is 67.9 Å². The van der Waals surface area contributed by atoms with Gasteiger partial charge in [-0.1, -0.05) is 31.0 Å². The molecule has 2 aliphatic rings. The second-order valence-corrected chi connectivity index (χ2v) is 9.32. The van der Waals surface area contributed by atoms with Crippen molar-refractivity contribution in [1.29, 1.82) is 0 Å². The molecule has 2 fully saturated rings. The quantitative estimate of drug-likeness (QED) is 0.659. The maximum atomic E-state index is 13.5. The second kappa shape index (κ2) is 10.9. The molecule has 0 bridgehead atoms. The summed E-state index contributed by atoms with van der Waals surface area (Å²) in [5.74, 6) is 0.710. The highest BCUT2D eigenvalue weighted by molar-refractivity contribution is 5.82. The van der Waals surface area contributed by atoms with E-state index in [1.807, 2.05) is 23.1 Å². The summed E-state index contributed by atoms with van der Waals surface area (Å²) < 4.78 is 24.4. The molecule has 1 aliphatic carbocycles. The Morgan fingerprint density at radius 3 is 2.47 bits per heavy atom. The Morgan fingerprint density at radius 1 is 1.00 bits per heavy atom. The molecule has 1 aliphatic heterocycles. The zero-order chi connectivity index (χ0) is 24.1. The minimum absolute atomic E-state index is 0.00355. The summed E-state index contributed by atoms with van der Waals surface area (Å²) in [4.78, 5) is 28.3. The van der Waals surface area contributed by atoms with Gasteiger partial charge in [-0.15, -0.1) is 0 Å². The number of carbonyl (C=O) groups excluding carboxylic acids is 2. The van der Waals surface area contributed by atoms with Gasteiger partial charge in [-0.25, -0.2) is 4.39 Å². The SMILES string of the molecule is COc1ccc([C@@H]2C[C@H](C(=O)NCc3cccc(F)c3)CN(C(=O)C3CCCC3)C2)cc1OC. The molecular weight excluding hydrogens is 435 g/mol.